The van der Waals surface area contributed by atoms with Crippen molar-refractivity contribution in [3.05, 3.63) is 108 Å². The maximum Gasteiger partial charge on any atom is 0.255 e. The molecule has 0 aliphatic carbocycles. The first-order chi connectivity index (χ1) is 18.6. The second kappa shape index (κ2) is 9.82. The van der Waals surface area contributed by atoms with Crippen LogP contribution in [0.5, 0.6) is 5.75 Å². The van der Waals surface area contributed by atoms with Crippen molar-refractivity contribution in [2.45, 2.75) is 19.9 Å². The fourth-order valence-electron chi connectivity index (χ4n) is 4.90. The molecule has 6 rings (SSSR count). The zero-order chi connectivity index (χ0) is 26.1. The van der Waals surface area contributed by atoms with Crippen LogP contribution in [0.1, 0.15) is 25.5 Å². The molecule has 1 amide bonds. The first-order valence-corrected chi connectivity index (χ1v) is 12.5. The van der Waals surface area contributed by atoms with E-state index in [0.717, 1.165) is 21.9 Å². The van der Waals surface area contributed by atoms with Crippen molar-refractivity contribution < 1.29 is 9.53 Å². The van der Waals surface area contributed by atoms with Gasteiger partial charge in [-0.15, -0.1) is 5.10 Å². The van der Waals surface area contributed by atoms with Gasteiger partial charge in [-0.2, -0.15) is 4.98 Å². The van der Waals surface area contributed by atoms with Crippen molar-refractivity contribution in [1.29, 1.82) is 0 Å². The highest BCUT2D eigenvalue weighted by Gasteiger charge is 2.36. The van der Waals surface area contributed by atoms with Crippen molar-refractivity contribution in [2.75, 3.05) is 17.2 Å². The van der Waals surface area contributed by atoms with Gasteiger partial charge in [-0.25, -0.2) is 4.68 Å². The maximum absolute atomic E-state index is 13.8. The molecule has 0 saturated carbocycles. The average Bonchev–Trinajstić information content (AvgIpc) is 3.36. The van der Waals surface area contributed by atoms with E-state index >= 15 is 0 Å². The average molecular weight is 503 g/mol. The smallest absolute Gasteiger partial charge is 0.255 e. The zero-order valence-electron chi connectivity index (χ0n) is 21.1. The predicted octanol–water partition coefficient (Wildman–Crippen LogP) is 5.82. The SMILES string of the molecule is CCOc1ccccc1C1C(C(=O)Nc2cccnc2)=C(C)Nc2nc(-c3cccc4ccccc34)nn21. The Labute approximate surface area is 220 Å². The number of hydrogen-bond donors (Lipinski definition) is 2. The van der Waals surface area contributed by atoms with E-state index in [1.54, 1.807) is 29.2 Å². The first-order valence-electron chi connectivity index (χ1n) is 12.5. The molecule has 8 heteroatoms. The van der Waals surface area contributed by atoms with Crippen LogP contribution in [0.2, 0.25) is 0 Å². The summed E-state index contributed by atoms with van der Waals surface area (Å²) in [6, 6.07) is 25.0. The number of carbonyl (C=O) groups excluding carboxylic acids is 1. The Hall–Kier alpha value is -4.98. The lowest BCUT2D eigenvalue weighted by atomic mass is 9.94. The minimum Gasteiger partial charge on any atom is -0.494 e. The highest BCUT2D eigenvalue weighted by atomic mass is 16.5. The van der Waals surface area contributed by atoms with Crippen molar-refractivity contribution in [3.63, 3.8) is 0 Å². The van der Waals surface area contributed by atoms with E-state index in [9.17, 15) is 4.79 Å². The van der Waals surface area contributed by atoms with E-state index in [1.165, 1.54) is 0 Å². The zero-order valence-corrected chi connectivity index (χ0v) is 21.1. The van der Waals surface area contributed by atoms with E-state index in [0.29, 0.717) is 41.1 Å². The Kier molecular flexibility index (Phi) is 6.05. The van der Waals surface area contributed by atoms with E-state index < -0.39 is 6.04 Å². The third kappa shape index (κ3) is 4.16. The van der Waals surface area contributed by atoms with Gasteiger partial charge in [0, 0.05) is 23.0 Å². The molecule has 0 fully saturated rings. The van der Waals surface area contributed by atoms with E-state index in [2.05, 4.69) is 33.8 Å². The van der Waals surface area contributed by atoms with Crippen molar-refractivity contribution >= 4 is 28.3 Å². The number of aromatic nitrogens is 4. The molecule has 0 radical (unpaired) electrons. The predicted molar refractivity (Wildman–Crippen MR) is 148 cm³/mol. The summed E-state index contributed by atoms with van der Waals surface area (Å²) in [4.78, 5) is 22.7. The van der Waals surface area contributed by atoms with Crippen molar-refractivity contribution in [2.24, 2.45) is 0 Å². The molecule has 1 atom stereocenters. The number of fused-ring (bicyclic) bond motifs is 2. The Balaban J connectivity index is 1.51. The summed E-state index contributed by atoms with van der Waals surface area (Å²) in [5.74, 6) is 1.56. The quantitative estimate of drug-likeness (QED) is 0.304. The van der Waals surface area contributed by atoms with Crippen LogP contribution in [0.3, 0.4) is 0 Å². The highest BCUT2D eigenvalue weighted by Crippen LogP contribution is 2.40. The number of amides is 1. The summed E-state index contributed by atoms with van der Waals surface area (Å²) < 4.78 is 7.77. The number of nitrogens with zero attached hydrogens (tertiary/aromatic N) is 4. The lowest BCUT2D eigenvalue weighted by Crippen LogP contribution is -2.31. The Morgan fingerprint density at radius 2 is 1.84 bits per heavy atom. The molecular formula is C30H26N6O2. The van der Waals surface area contributed by atoms with Crippen LogP contribution in [0.25, 0.3) is 22.2 Å². The third-order valence-electron chi connectivity index (χ3n) is 6.56. The largest absolute Gasteiger partial charge is 0.494 e. The lowest BCUT2D eigenvalue weighted by molar-refractivity contribution is -0.113. The minimum atomic E-state index is -0.568. The van der Waals surface area contributed by atoms with Crippen LogP contribution in [0.15, 0.2) is 103 Å². The third-order valence-corrected chi connectivity index (χ3v) is 6.56. The number of carbonyl (C=O) groups is 1. The number of pyridine rings is 1. The van der Waals surface area contributed by atoms with E-state index in [1.807, 2.05) is 62.4 Å². The number of rotatable bonds is 6. The molecule has 5 aromatic rings. The summed E-state index contributed by atoms with van der Waals surface area (Å²) in [6.07, 6.45) is 3.28. The molecule has 0 bridgehead atoms. The van der Waals surface area contributed by atoms with Crippen LogP contribution in [-0.2, 0) is 4.79 Å². The standard InChI is InChI=1S/C30H26N6O2/c1-3-38-25-16-7-6-14-24(25)27-26(29(37)33-21-12-9-17-31-18-21)19(2)32-30-34-28(35-36(27)30)23-15-8-11-20-10-4-5-13-22(20)23/h4-18,27H,3H2,1-2H3,(H,33,37)(H,32,34,35). The van der Waals surface area contributed by atoms with Crippen LogP contribution in [0.4, 0.5) is 11.6 Å². The van der Waals surface area contributed by atoms with Gasteiger partial charge in [0.05, 0.1) is 24.1 Å². The number of ether oxygens (including phenoxy) is 1. The van der Waals surface area contributed by atoms with Gasteiger partial charge < -0.3 is 15.4 Å². The lowest BCUT2D eigenvalue weighted by Gasteiger charge is -2.29. The fraction of sp³-hybridized carbons (Fsp3) is 0.133. The summed E-state index contributed by atoms with van der Waals surface area (Å²) in [5, 5.41) is 13.4. The van der Waals surface area contributed by atoms with Gasteiger partial charge in [-0.3, -0.25) is 9.78 Å². The number of allylic oxidation sites excluding steroid dienone is 1. The van der Waals surface area contributed by atoms with Gasteiger partial charge in [0.2, 0.25) is 5.95 Å². The van der Waals surface area contributed by atoms with E-state index in [4.69, 9.17) is 14.8 Å². The van der Waals surface area contributed by atoms with Crippen LogP contribution < -0.4 is 15.4 Å². The Morgan fingerprint density at radius 3 is 2.68 bits per heavy atom. The number of anilines is 2. The van der Waals surface area contributed by atoms with E-state index in [-0.39, 0.29) is 5.91 Å². The molecule has 3 aromatic carbocycles. The van der Waals surface area contributed by atoms with Gasteiger partial charge in [0.1, 0.15) is 11.8 Å². The molecular weight excluding hydrogens is 476 g/mol. The molecule has 1 unspecified atom stereocenters. The van der Waals surface area contributed by atoms with Gasteiger partial charge in [-0.1, -0.05) is 60.7 Å². The molecule has 1 aliphatic heterocycles. The second-order valence-electron chi connectivity index (χ2n) is 8.96. The van der Waals surface area contributed by atoms with Gasteiger partial charge in [0.15, 0.2) is 5.82 Å². The normalized spacial score (nSPS) is 14.6. The molecule has 188 valence electrons. The maximum atomic E-state index is 13.8. The summed E-state index contributed by atoms with van der Waals surface area (Å²) >= 11 is 0. The number of benzene rings is 3. The molecule has 1 aliphatic rings. The number of hydrogen-bond acceptors (Lipinski definition) is 6. The number of nitrogens with one attached hydrogen (secondary N) is 2. The van der Waals surface area contributed by atoms with Crippen LogP contribution in [0, 0.1) is 0 Å². The molecule has 0 spiro atoms. The van der Waals surface area contributed by atoms with Gasteiger partial charge in [-0.05, 0) is 42.8 Å². The molecule has 2 aromatic heterocycles. The second-order valence-corrected chi connectivity index (χ2v) is 8.96. The van der Waals surface area contributed by atoms with Crippen LogP contribution >= 0.6 is 0 Å². The monoisotopic (exact) mass is 502 g/mol. The van der Waals surface area contributed by atoms with Crippen LogP contribution in [-0.4, -0.2) is 32.3 Å². The molecule has 38 heavy (non-hydrogen) atoms. The fourth-order valence-corrected chi connectivity index (χ4v) is 4.90. The first kappa shape index (κ1) is 23.4. The topological polar surface area (TPSA) is 94.0 Å². The Bertz CT molecular complexity index is 1670. The Morgan fingerprint density at radius 1 is 1.03 bits per heavy atom. The molecule has 0 saturated heterocycles. The summed E-state index contributed by atoms with van der Waals surface area (Å²) in [6.45, 7) is 4.31. The highest BCUT2D eigenvalue weighted by molar-refractivity contribution is 6.06. The summed E-state index contributed by atoms with van der Waals surface area (Å²) in [7, 11) is 0. The molecule has 8 nitrogen and oxygen atoms in total. The number of para-hydroxylation sites is 1. The van der Waals surface area contributed by atoms with Gasteiger partial charge >= 0.3 is 0 Å². The summed E-state index contributed by atoms with van der Waals surface area (Å²) in [5.41, 5.74) is 3.55. The van der Waals surface area contributed by atoms with Crippen molar-refractivity contribution in [1.82, 2.24) is 19.7 Å². The molecule has 2 N–H and O–H groups in total. The van der Waals surface area contributed by atoms with Crippen molar-refractivity contribution in [3.8, 4) is 17.1 Å². The minimum absolute atomic E-state index is 0.257. The van der Waals surface area contributed by atoms with Gasteiger partial charge in [0.25, 0.3) is 5.91 Å². The molecule has 3 heterocycles.